The molecule has 14 heavy (non-hydrogen) atoms. The van der Waals surface area contributed by atoms with Gasteiger partial charge in [0.2, 0.25) is 0 Å². The van der Waals surface area contributed by atoms with Crippen molar-refractivity contribution in [1.29, 1.82) is 0 Å². The summed E-state index contributed by atoms with van der Waals surface area (Å²) in [4.78, 5) is 2.94. The van der Waals surface area contributed by atoms with Crippen molar-refractivity contribution in [3.05, 3.63) is 18.5 Å². The molecular formula is C10H18BrN3. The third-order valence-corrected chi connectivity index (χ3v) is 2.64. The Labute approximate surface area is 94.2 Å². The highest BCUT2D eigenvalue weighted by Gasteiger charge is 2.01. The third-order valence-electron chi connectivity index (χ3n) is 2.18. The fourth-order valence-corrected chi connectivity index (χ4v) is 1.42. The molecule has 1 heterocycles. The van der Waals surface area contributed by atoms with Gasteiger partial charge >= 0.3 is 0 Å². The van der Waals surface area contributed by atoms with Gasteiger partial charge in [0.05, 0.1) is 6.54 Å². The zero-order chi connectivity index (χ0) is 10.4. The molecule has 0 bridgehead atoms. The lowest BCUT2D eigenvalue weighted by molar-refractivity contribution is 0.309. The highest BCUT2D eigenvalue weighted by atomic mass is 79.9. The smallest absolute Gasteiger partial charge is 0.0536 e. The van der Waals surface area contributed by atoms with Crippen molar-refractivity contribution < 1.29 is 0 Å². The van der Waals surface area contributed by atoms with Crippen LogP contribution in [0, 0.1) is 0 Å². The minimum atomic E-state index is 0.606. The van der Waals surface area contributed by atoms with E-state index in [2.05, 4.69) is 39.9 Å². The average Bonchev–Trinajstić information content (AvgIpc) is 2.63. The number of rotatable bonds is 6. The van der Waals surface area contributed by atoms with E-state index in [4.69, 9.17) is 0 Å². The molecule has 4 heteroatoms. The van der Waals surface area contributed by atoms with E-state index in [1.165, 1.54) is 6.42 Å². The molecule has 0 aliphatic carbocycles. The SMILES string of the molecule is CC(Br)CCN(C)CCn1cccn1. The number of alkyl halides is 1. The first-order valence-electron chi connectivity index (χ1n) is 4.98. The van der Waals surface area contributed by atoms with Crippen LogP contribution < -0.4 is 0 Å². The molecule has 1 unspecified atom stereocenters. The second-order valence-corrected chi connectivity index (χ2v) is 5.21. The summed E-state index contributed by atoms with van der Waals surface area (Å²) in [5.74, 6) is 0. The molecule has 1 aromatic heterocycles. The molecule has 0 radical (unpaired) electrons. The van der Waals surface area contributed by atoms with Crippen LogP contribution in [0.25, 0.3) is 0 Å². The van der Waals surface area contributed by atoms with Gasteiger partial charge in [-0.1, -0.05) is 22.9 Å². The molecular weight excluding hydrogens is 242 g/mol. The fraction of sp³-hybridized carbons (Fsp3) is 0.700. The Morgan fingerprint density at radius 2 is 2.29 bits per heavy atom. The average molecular weight is 260 g/mol. The van der Waals surface area contributed by atoms with Crippen LogP contribution in [0.1, 0.15) is 13.3 Å². The van der Waals surface area contributed by atoms with Crippen LogP contribution in [0.5, 0.6) is 0 Å². The Morgan fingerprint density at radius 3 is 2.86 bits per heavy atom. The monoisotopic (exact) mass is 259 g/mol. The molecule has 0 aliphatic heterocycles. The van der Waals surface area contributed by atoms with Crippen LogP contribution in [0.3, 0.4) is 0 Å². The largest absolute Gasteiger partial charge is 0.304 e. The van der Waals surface area contributed by atoms with Crippen molar-refractivity contribution in [2.75, 3.05) is 20.1 Å². The predicted molar refractivity (Wildman–Crippen MR) is 62.7 cm³/mol. The standard InChI is InChI=1S/C10H18BrN3/c1-10(11)4-7-13(2)8-9-14-6-3-5-12-14/h3,5-6,10H,4,7-9H2,1-2H3. The number of hydrogen-bond donors (Lipinski definition) is 0. The first kappa shape index (κ1) is 11.7. The normalized spacial score (nSPS) is 13.4. The summed E-state index contributed by atoms with van der Waals surface area (Å²) >= 11 is 3.55. The number of halogens is 1. The molecule has 0 spiro atoms. The number of hydrogen-bond acceptors (Lipinski definition) is 2. The molecule has 0 saturated heterocycles. The van der Waals surface area contributed by atoms with Crippen molar-refractivity contribution in [3.8, 4) is 0 Å². The van der Waals surface area contributed by atoms with E-state index in [1.54, 1.807) is 0 Å². The van der Waals surface area contributed by atoms with E-state index in [9.17, 15) is 0 Å². The summed E-state index contributed by atoms with van der Waals surface area (Å²) in [5, 5.41) is 4.16. The van der Waals surface area contributed by atoms with Gasteiger partial charge in [-0.15, -0.1) is 0 Å². The van der Waals surface area contributed by atoms with Crippen LogP contribution in [-0.4, -0.2) is 39.6 Å². The minimum absolute atomic E-state index is 0.606. The lowest BCUT2D eigenvalue weighted by Crippen LogP contribution is -2.25. The van der Waals surface area contributed by atoms with Crippen LogP contribution in [-0.2, 0) is 6.54 Å². The molecule has 3 nitrogen and oxygen atoms in total. The maximum absolute atomic E-state index is 4.16. The molecule has 1 aromatic rings. The Hall–Kier alpha value is -0.350. The van der Waals surface area contributed by atoms with Crippen LogP contribution >= 0.6 is 15.9 Å². The summed E-state index contributed by atoms with van der Waals surface area (Å²) < 4.78 is 1.97. The lowest BCUT2D eigenvalue weighted by Gasteiger charge is -2.17. The zero-order valence-corrected chi connectivity index (χ0v) is 10.4. The van der Waals surface area contributed by atoms with Crippen molar-refractivity contribution in [3.63, 3.8) is 0 Å². The van der Waals surface area contributed by atoms with E-state index < -0.39 is 0 Å². The highest BCUT2D eigenvalue weighted by Crippen LogP contribution is 2.03. The van der Waals surface area contributed by atoms with Gasteiger partial charge in [-0.25, -0.2) is 0 Å². The Morgan fingerprint density at radius 1 is 1.50 bits per heavy atom. The van der Waals surface area contributed by atoms with Gasteiger partial charge in [0.1, 0.15) is 0 Å². The van der Waals surface area contributed by atoms with Crippen LogP contribution in [0.2, 0.25) is 0 Å². The van der Waals surface area contributed by atoms with Gasteiger partial charge in [0.25, 0.3) is 0 Å². The number of likely N-dealkylation sites (N-methyl/N-ethyl adjacent to an activating group) is 1. The maximum Gasteiger partial charge on any atom is 0.0536 e. The molecule has 80 valence electrons. The third kappa shape index (κ3) is 4.77. The Kier molecular flexibility index (Phi) is 5.19. The Bertz CT molecular complexity index is 234. The van der Waals surface area contributed by atoms with Crippen molar-refractivity contribution in [2.24, 2.45) is 0 Å². The van der Waals surface area contributed by atoms with E-state index in [0.717, 1.165) is 19.6 Å². The lowest BCUT2D eigenvalue weighted by atomic mass is 10.3. The molecule has 0 saturated carbocycles. The predicted octanol–water partition coefficient (Wildman–Crippen LogP) is 1.99. The minimum Gasteiger partial charge on any atom is -0.304 e. The van der Waals surface area contributed by atoms with E-state index in [0.29, 0.717) is 4.83 Å². The second kappa shape index (κ2) is 6.19. The van der Waals surface area contributed by atoms with Crippen molar-refractivity contribution >= 4 is 15.9 Å². The van der Waals surface area contributed by atoms with E-state index >= 15 is 0 Å². The number of aromatic nitrogens is 2. The van der Waals surface area contributed by atoms with Gasteiger partial charge in [0, 0.05) is 23.8 Å². The van der Waals surface area contributed by atoms with Gasteiger partial charge in [-0.05, 0) is 26.1 Å². The second-order valence-electron chi connectivity index (χ2n) is 3.64. The summed E-state index contributed by atoms with van der Waals surface area (Å²) in [6.07, 6.45) is 5.01. The van der Waals surface area contributed by atoms with E-state index in [1.807, 2.05) is 23.1 Å². The van der Waals surface area contributed by atoms with Gasteiger partial charge in [-0.2, -0.15) is 5.10 Å². The summed E-state index contributed by atoms with van der Waals surface area (Å²) in [7, 11) is 2.15. The van der Waals surface area contributed by atoms with Crippen LogP contribution in [0.15, 0.2) is 18.5 Å². The van der Waals surface area contributed by atoms with Gasteiger partial charge in [0.15, 0.2) is 0 Å². The fourth-order valence-electron chi connectivity index (χ4n) is 1.22. The molecule has 0 aromatic carbocycles. The molecule has 0 aliphatic rings. The highest BCUT2D eigenvalue weighted by molar-refractivity contribution is 9.09. The molecule has 0 fully saturated rings. The first-order chi connectivity index (χ1) is 6.68. The molecule has 1 rings (SSSR count). The van der Waals surface area contributed by atoms with Crippen molar-refractivity contribution in [2.45, 2.75) is 24.7 Å². The quantitative estimate of drug-likeness (QED) is 0.729. The molecule has 0 N–H and O–H groups in total. The van der Waals surface area contributed by atoms with Crippen LogP contribution in [0.4, 0.5) is 0 Å². The Balaban J connectivity index is 2.12. The summed E-state index contributed by atoms with van der Waals surface area (Å²) in [6, 6.07) is 1.96. The van der Waals surface area contributed by atoms with Gasteiger partial charge in [-0.3, -0.25) is 4.68 Å². The summed E-state index contributed by atoms with van der Waals surface area (Å²) in [6.45, 7) is 5.34. The van der Waals surface area contributed by atoms with Gasteiger partial charge < -0.3 is 4.90 Å². The summed E-state index contributed by atoms with van der Waals surface area (Å²) in [5.41, 5.74) is 0. The zero-order valence-electron chi connectivity index (χ0n) is 8.86. The van der Waals surface area contributed by atoms with E-state index in [-0.39, 0.29) is 0 Å². The molecule has 0 amide bonds. The first-order valence-corrected chi connectivity index (χ1v) is 5.90. The maximum atomic E-state index is 4.16. The molecule has 1 atom stereocenters. The number of nitrogens with zero attached hydrogens (tertiary/aromatic N) is 3. The van der Waals surface area contributed by atoms with Crippen molar-refractivity contribution in [1.82, 2.24) is 14.7 Å². The topological polar surface area (TPSA) is 21.1 Å².